The zero-order valence-corrected chi connectivity index (χ0v) is 20.5. The standard InChI is InChI=1S/C20H41N5O11/c1-11-14(27)15(28)19(13(10-26)34-11)36-20-17(30)16(29)18(33-2)12(35-20)9-22-6-4-8-24(7-3-5-21)25(32)23-31/h11-20,22,26-31H,3-10,21H2,1-2H3/p-1/b25-23-/t11-,12-,13-,14+,15-,16-,17-,18?,19?,20-/m1/s1. The van der Waals surface area contributed by atoms with Gasteiger partial charge in [-0.25, -0.2) is 0 Å². The van der Waals surface area contributed by atoms with Crippen LogP contribution in [0.25, 0.3) is 0 Å². The first-order valence-corrected chi connectivity index (χ1v) is 12.0. The molecular weight excluding hydrogens is 486 g/mol. The number of nitrogens with two attached hydrogens (primary N) is 1. The first-order chi connectivity index (χ1) is 17.2. The van der Waals surface area contributed by atoms with Gasteiger partial charge in [0.25, 0.3) is 0 Å². The summed E-state index contributed by atoms with van der Waals surface area (Å²) >= 11 is 0. The van der Waals surface area contributed by atoms with Crippen molar-refractivity contribution in [1.29, 1.82) is 0 Å². The number of rotatable bonds is 14. The van der Waals surface area contributed by atoms with E-state index in [-0.39, 0.29) is 24.6 Å². The molecule has 0 aromatic carbocycles. The second-order valence-electron chi connectivity index (χ2n) is 8.86. The Morgan fingerprint density at radius 1 is 1.03 bits per heavy atom. The summed E-state index contributed by atoms with van der Waals surface area (Å²) in [5.41, 5.74) is 5.44. The first-order valence-electron chi connectivity index (χ1n) is 12.0. The van der Waals surface area contributed by atoms with E-state index in [0.29, 0.717) is 25.9 Å². The van der Waals surface area contributed by atoms with Crippen molar-refractivity contribution in [2.45, 2.75) is 81.0 Å². The number of nitrogens with one attached hydrogen (secondary N) is 1. The third kappa shape index (κ3) is 7.78. The lowest BCUT2D eigenvalue weighted by molar-refractivity contribution is -0.690. The minimum absolute atomic E-state index is 0.0126. The average molecular weight is 527 g/mol. The van der Waals surface area contributed by atoms with Gasteiger partial charge >= 0.3 is 0 Å². The molecule has 2 fully saturated rings. The predicted molar refractivity (Wildman–Crippen MR) is 122 cm³/mol. The number of hydrogen-bond donors (Lipinski definition) is 7. The minimum Gasteiger partial charge on any atom is -0.737 e. The van der Waals surface area contributed by atoms with Crippen molar-refractivity contribution in [3.8, 4) is 0 Å². The van der Waals surface area contributed by atoms with Crippen LogP contribution in [0.4, 0.5) is 0 Å². The molecule has 0 aliphatic carbocycles. The number of aliphatic hydroxyl groups excluding tert-OH is 5. The van der Waals surface area contributed by atoms with Crippen molar-refractivity contribution in [3.05, 3.63) is 10.4 Å². The second-order valence-corrected chi connectivity index (χ2v) is 8.86. The molecule has 36 heavy (non-hydrogen) atoms. The fourth-order valence-corrected chi connectivity index (χ4v) is 4.31. The van der Waals surface area contributed by atoms with Gasteiger partial charge in [-0.05, 0) is 38.1 Å². The molecule has 0 aromatic heterocycles. The quantitative estimate of drug-likeness (QED) is 0.0499. The number of nitrogens with zero attached hydrogens (tertiary/aromatic N) is 3. The molecule has 2 rings (SSSR count). The van der Waals surface area contributed by atoms with Crippen LogP contribution in [-0.2, 0) is 18.9 Å². The van der Waals surface area contributed by atoms with Gasteiger partial charge in [0.2, 0.25) is 0 Å². The molecule has 2 aliphatic heterocycles. The summed E-state index contributed by atoms with van der Waals surface area (Å²) in [5.74, 6) is 0. The number of hydrogen-bond acceptors (Lipinski definition) is 14. The van der Waals surface area contributed by atoms with Crippen molar-refractivity contribution < 1.29 is 49.4 Å². The zero-order valence-electron chi connectivity index (χ0n) is 20.5. The van der Waals surface area contributed by atoms with E-state index in [4.69, 9.17) is 24.7 Å². The average Bonchev–Trinajstić information content (AvgIpc) is 2.88. The Balaban J connectivity index is 1.95. The lowest BCUT2D eigenvalue weighted by Crippen LogP contribution is -2.65. The molecule has 0 bridgehead atoms. The number of hydrazine groups is 1. The highest BCUT2D eigenvalue weighted by Crippen LogP contribution is 2.29. The lowest BCUT2D eigenvalue weighted by atomic mass is 9.95. The number of methoxy groups -OCH3 is 1. The van der Waals surface area contributed by atoms with Crippen LogP contribution < -0.4 is 11.1 Å². The Bertz CT molecular complexity index is 664. The molecule has 212 valence electrons. The van der Waals surface area contributed by atoms with Crippen LogP contribution in [0, 0.1) is 10.4 Å². The Morgan fingerprint density at radius 3 is 2.31 bits per heavy atom. The normalized spacial score (nSPS) is 37.7. The highest BCUT2D eigenvalue weighted by Gasteiger charge is 2.50. The van der Waals surface area contributed by atoms with E-state index in [1.165, 1.54) is 19.0 Å². The fourth-order valence-electron chi connectivity index (χ4n) is 4.31. The van der Waals surface area contributed by atoms with Crippen LogP contribution in [0.15, 0.2) is 5.28 Å². The Kier molecular flexibility index (Phi) is 12.9. The van der Waals surface area contributed by atoms with Gasteiger partial charge in [0.15, 0.2) is 6.29 Å². The van der Waals surface area contributed by atoms with Crippen LogP contribution in [0.2, 0.25) is 0 Å². The summed E-state index contributed by atoms with van der Waals surface area (Å²) in [5, 5.41) is 80.1. The Morgan fingerprint density at radius 2 is 1.69 bits per heavy atom. The van der Waals surface area contributed by atoms with Crippen LogP contribution in [0.3, 0.4) is 0 Å². The molecule has 0 radical (unpaired) electrons. The second kappa shape index (κ2) is 15.1. The molecule has 16 heteroatoms. The van der Waals surface area contributed by atoms with E-state index in [1.54, 1.807) is 0 Å². The molecule has 2 unspecified atom stereocenters. The largest absolute Gasteiger partial charge is 0.737 e. The zero-order chi connectivity index (χ0) is 26.8. The molecule has 2 saturated heterocycles. The van der Waals surface area contributed by atoms with Gasteiger partial charge < -0.3 is 65.9 Å². The van der Waals surface area contributed by atoms with Crippen LogP contribution in [-0.4, -0.2) is 143 Å². The number of ether oxygens (including phenoxy) is 4. The summed E-state index contributed by atoms with van der Waals surface area (Å²) < 4.78 is 22.3. The first kappa shape index (κ1) is 30.8. The van der Waals surface area contributed by atoms with E-state index in [1.807, 2.05) is 0 Å². The summed E-state index contributed by atoms with van der Waals surface area (Å²) in [7, 11) is 1.35. The Labute approximate surface area is 209 Å². The summed E-state index contributed by atoms with van der Waals surface area (Å²) in [6.45, 7) is 2.47. The van der Waals surface area contributed by atoms with Crippen LogP contribution in [0.5, 0.6) is 0 Å². The third-order valence-electron chi connectivity index (χ3n) is 6.35. The molecule has 0 spiro atoms. The molecule has 8 N–H and O–H groups in total. The highest BCUT2D eigenvalue weighted by molar-refractivity contribution is 4.95. The van der Waals surface area contributed by atoms with Crippen molar-refractivity contribution in [3.63, 3.8) is 0 Å². The molecule has 2 heterocycles. The van der Waals surface area contributed by atoms with Gasteiger partial charge in [0.1, 0.15) is 48.8 Å². The Hall–Kier alpha value is -1.44. The smallest absolute Gasteiger partial charge is 0.187 e. The monoisotopic (exact) mass is 526 g/mol. The van der Waals surface area contributed by atoms with Gasteiger partial charge in [-0.3, -0.25) is 0 Å². The van der Waals surface area contributed by atoms with Gasteiger partial charge in [-0.2, -0.15) is 0 Å². The highest BCUT2D eigenvalue weighted by atomic mass is 16.7. The summed E-state index contributed by atoms with van der Waals surface area (Å²) in [6.07, 6.45) is -10.8. The maximum atomic E-state index is 11.5. The van der Waals surface area contributed by atoms with Crippen molar-refractivity contribution in [2.75, 3.05) is 46.4 Å². The lowest BCUT2D eigenvalue weighted by Gasteiger charge is -2.46. The maximum Gasteiger partial charge on any atom is 0.187 e. The van der Waals surface area contributed by atoms with Crippen LogP contribution >= 0.6 is 0 Å². The molecule has 0 aromatic rings. The van der Waals surface area contributed by atoms with Crippen molar-refractivity contribution in [1.82, 2.24) is 10.3 Å². The van der Waals surface area contributed by atoms with E-state index >= 15 is 0 Å². The third-order valence-corrected chi connectivity index (χ3v) is 6.35. The van der Waals surface area contributed by atoms with E-state index in [0.717, 1.165) is 0 Å². The topological polar surface area (TPSA) is 241 Å². The van der Waals surface area contributed by atoms with Gasteiger partial charge in [0.05, 0.1) is 25.8 Å². The van der Waals surface area contributed by atoms with Crippen molar-refractivity contribution >= 4 is 0 Å². The summed E-state index contributed by atoms with van der Waals surface area (Å²) in [4.78, 5) is -0.0126. The van der Waals surface area contributed by atoms with Gasteiger partial charge in [0, 0.05) is 18.6 Å². The van der Waals surface area contributed by atoms with Gasteiger partial charge in [-0.1, -0.05) is 0 Å². The van der Waals surface area contributed by atoms with E-state index in [2.05, 4.69) is 10.6 Å². The number of aliphatic hydroxyl groups is 5. The molecular formula is C20H40N5O11-. The predicted octanol–water partition coefficient (Wildman–Crippen LogP) is -3.66. The minimum atomic E-state index is -1.55. The maximum absolute atomic E-state index is 11.5. The molecule has 16 nitrogen and oxygen atoms in total. The van der Waals surface area contributed by atoms with E-state index in [9.17, 15) is 35.9 Å². The van der Waals surface area contributed by atoms with Crippen molar-refractivity contribution in [2.24, 2.45) is 11.0 Å². The SMILES string of the molecule is COC1[C@@H](CNCCCN(CCCN)/[N+]([O-])=N/[O-])O[C@H](OC2[C@@H](CO)O[C@H](C)[C@H](O)[C@H]2O)[C@H](O)[C@H]1O. The molecule has 2 aliphatic rings. The fraction of sp³-hybridized carbons (Fsp3) is 1.00. The molecule has 0 amide bonds. The van der Waals surface area contributed by atoms with Gasteiger partial charge in [-0.15, -0.1) is 5.01 Å². The summed E-state index contributed by atoms with van der Waals surface area (Å²) in [6, 6.07) is 0. The van der Waals surface area contributed by atoms with Crippen LogP contribution in [0.1, 0.15) is 19.8 Å². The molecule has 0 saturated carbocycles. The van der Waals surface area contributed by atoms with E-state index < -0.39 is 67.8 Å². The molecule has 10 atom stereocenters.